The number of carbonyl (C=O) groups is 1. The first-order valence-electron chi connectivity index (χ1n) is 9.14. The largest absolute Gasteiger partial charge is 0.377 e. The van der Waals surface area contributed by atoms with Gasteiger partial charge in [0.2, 0.25) is 5.91 Å². The van der Waals surface area contributed by atoms with E-state index in [9.17, 15) is 4.79 Å². The molecule has 4 rings (SSSR count). The fourth-order valence-corrected chi connectivity index (χ4v) is 4.65. The van der Waals surface area contributed by atoms with Crippen molar-refractivity contribution in [2.75, 3.05) is 32.8 Å². The third-order valence-electron chi connectivity index (χ3n) is 5.43. The minimum atomic E-state index is -0.0435. The average Bonchev–Trinajstić information content (AvgIpc) is 3.18. The molecule has 2 unspecified atom stereocenters. The first kappa shape index (κ1) is 17.7. The average molecular weight is 415 g/mol. The maximum atomic E-state index is 13.5. The normalized spacial score (nSPS) is 26.0. The highest BCUT2D eigenvalue weighted by molar-refractivity contribution is 9.10. The standard InChI is InChI=1S/C21H23BrN2O2/c22-19-9-5-4-8-16(19)17-12-23-13-18(17)21(25)24-10-11-26-14-20(24)15-6-2-1-3-7-15/h1-9,17-18,20,23H,10-14H2/t17?,18?,20-/m1/s1. The van der Waals surface area contributed by atoms with Gasteiger partial charge in [-0.15, -0.1) is 0 Å². The van der Waals surface area contributed by atoms with E-state index in [-0.39, 0.29) is 23.8 Å². The Bertz CT molecular complexity index is 768. The Hall–Kier alpha value is -1.69. The van der Waals surface area contributed by atoms with Crippen LogP contribution in [0.15, 0.2) is 59.1 Å². The van der Waals surface area contributed by atoms with Crippen molar-refractivity contribution < 1.29 is 9.53 Å². The number of nitrogens with one attached hydrogen (secondary N) is 1. The molecule has 2 heterocycles. The number of nitrogens with zero attached hydrogens (tertiary/aromatic N) is 1. The van der Waals surface area contributed by atoms with E-state index in [1.54, 1.807) is 0 Å². The summed E-state index contributed by atoms with van der Waals surface area (Å²) in [5.41, 5.74) is 2.35. The van der Waals surface area contributed by atoms with Crippen LogP contribution in [0.4, 0.5) is 0 Å². The number of amides is 1. The Kier molecular flexibility index (Phi) is 5.38. The van der Waals surface area contributed by atoms with Crippen LogP contribution in [0.2, 0.25) is 0 Å². The minimum Gasteiger partial charge on any atom is -0.377 e. The van der Waals surface area contributed by atoms with Gasteiger partial charge in [-0.3, -0.25) is 4.79 Å². The predicted molar refractivity (Wildman–Crippen MR) is 105 cm³/mol. The number of carbonyl (C=O) groups excluding carboxylic acids is 1. The van der Waals surface area contributed by atoms with Crippen molar-refractivity contribution in [3.8, 4) is 0 Å². The van der Waals surface area contributed by atoms with E-state index < -0.39 is 0 Å². The summed E-state index contributed by atoms with van der Waals surface area (Å²) in [4.78, 5) is 15.5. The quantitative estimate of drug-likeness (QED) is 0.836. The zero-order valence-corrected chi connectivity index (χ0v) is 16.2. The molecule has 0 bridgehead atoms. The molecule has 2 saturated heterocycles. The van der Waals surface area contributed by atoms with Crippen molar-refractivity contribution in [3.63, 3.8) is 0 Å². The lowest BCUT2D eigenvalue weighted by Gasteiger charge is -2.38. The van der Waals surface area contributed by atoms with Gasteiger partial charge in [0.05, 0.1) is 25.2 Å². The molecule has 3 atom stereocenters. The second kappa shape index (κ2) is 7.91. The molecule has 136 valence electrons. The van der Waals surface area contributed by atoms with Gasteiger partial charge in [-0.2, -0.15) is 0 Å². The highest BCUT2D eigenvalue weighted by atomic mass is 79.9. The second-order valence-corrected chi connectivity index (χ2v) is 7.78. The number of hydrogen-bond donors (Lipinski definition) is 1. The maximum absolute atomic E-state index is 13.5. The zero-order valence-electron chi connectivity index (χ0n) is 14.6. The Morgan fingerprint density at radius 2 is 1.85 bits per heavy atom. The molecule has 4 nitrogen and oxygen atoms in total. The lowest BCUT2D eigenvalue weighted by atomic mass is 9.87. The van der Waals surface area contributed by atoms with Crippen molar-refractivity contribution in [3.05, 3.63) is 70.2 Å². The molecule has 2 aliphatic rings. The minimum absolute atomic E-state index is 0.00193. The third kappa shape index (κ3) is 3.43. The summed E-state index contributed by atoms with van der Waals surface area (Å²) in [7, 11) is 0. The molecule has 2 fully saturated rings. The smallest absolute Gasteiger partial charge is 0.228 e. The van der Waals surface area contributed by atoms with Gasteiger partial charge in [-0.25, -0.2) is 0 Å². The fourth-order valence-electron chi connectivity index (χ4n) is 4.07. The van der Waals surface area contributed by atoms with E-state index in [0.717, 1.165) is 23.1 Å². The topological polar surface area (TPSA) is 41.6 Å². The van der Waals surface area contributed by atoms with E-state index in [1.807, 2.05) is 35.2 Å². The molecule has 0 radical (unpaired) electrons. The van der Waals surface area contributed by atoms with Crippen LogP contribution in [0.25, 0.3) is 0 Å². The molecule has 26 heavy (non-hydrogen) atoms. The third-order valence-corrected chi connectivity index (χ3v) is 6.15. The second-order valence-electron chi connectivity index (χ2n) is 6.93. The molecule has 5 heteroatoms. The van der Waals surface area contributed by atoms with E-state index in [0.29, 0.717) is 19.8 Å². The summed E-state index contributed by atoms with van der Waals surface area (Å²) >= 11 is 3.65. The molecule has 2 aromatic rings. The Labute approximate surface area is 162 Å². The molecular weight excluding hydrogens is 392 g/mol. The van der Waals surface area contributed by atoms with Crippen molar-refractivity contribution in [2.45, 2.75) is 12.0 Å². The molecule has 0 aliphatic carbocycles. The summed E-state index contributed by atoms with van der Waals surface area (Å²) < 4.78 is 6.77. The van der Waals surface area contributed by atoms with Gasteiger partial charge in [-0.05, 0) is 17.2 Å². The van der Waals surface area contributed by atoms with Crippen molar-refractivity contribution in [1.82, 2.24) is 10.2 Å². The molecule has 1 N–H and O–H groups in total. The SMILES string of the molecule is O=C(C1CNCC1c1ccccc1Br)N1CCOC[C@@H]1c1ccccc1. The van der Waals surface area contributed by atoms with E-state index in [2.05, 4.69) is 45.5 Å². The molecule has 1 amide bonds. The summed E-state index contributed by atoms with van der Waals surface area (Å²) in [6, 6.07) is 18.4. The van der Waals surface area contributed by atoms with Crippen molar-refractivity contribution in [1.29, 1.82) is 0 Å². The molecule has 2 aromatic carbocycles. The monoisotopic (exact) mass is 414 g/mol. The number of hydrogen-bond acceptors (Lipinski definition) is 3. The van der Waals surface area contributed by atoms with Gasteiger partial charge in [-0.1, -0.05) is 64.5 Å². The van der Waals surface area contributed by atoms with Gasteiger partial charge in [0.15, 0.2) is 0 Å². The molecule has 0 saturated carbocycles. The number of benzene rings is 2. The van der Waals surface area contributed by atoms with Crippen LogP contribution < -0.4 is 5.32 Å². The summed E-state index contributed by atoms with van der Waals surface area (Å²) in [6.07, 6.45) is 0. The van der Waals surface area contributed by atoms with Crippen LogP contribution in [0.5, 0.6) is 0 Å². The van der Waals surface area contributed by atoms with Crippen LogP contribution in [-0.4, -0.2) is 43.7 Å². The van der Waals surface area contributed by atoms with Crippen LogP contribution >= 0.6 is 15.9 Å². The lowest BCUT2D eigenvalue weighted by Crippen LogP contribution is -2.47. The first-order valence-corrected chi connectivity index (χ1v) is 9.93. The molecular formula is C21H23BrN2O2. The van der Waals surface area contributed by atoms with E-state index in [1.165, 1.54) is 5.56 Å². The zero-order chi connectivity index (χ0) is 17.9. The van der Waals surface area contributed by atoms with Crippen LogP contribution in [-0.2, 0) is 9.53 Å². The highest BCUT2D eigenvalue weighted by Gasteiger charge is 2.40. The highest BCUT2D eigenvalue weighted by Crippen LogP contribution is 2.36. The maximum Gasteiger partial charge on any atom is 0.228 e. The fraction of sp³-hybridized carbons (Fsp3) is 0.381. The molecule has 0 spiro atoms. The Morgan fingerprint density at radius 1 is 1.08 bits per heavy atom. The van der Waals surface area contributed by atoms with Crippen LogP contribution in [0.3, 0.4) is 0 Å². The van der Waals surface area contributed by atoms with Crippen molar-refractivity contribution >= 4 is 21.8 Å². The van der Waals surface area contributed by atoms with Crippen LogP contribution in [0.1, 0.15) is 23.1 Å². The van der Waals surface area contributed by atoms with Crippen molar-refractivity contribution in [2.24, 2.45) is 5.92 Å². The van der Waals surface area contributed by atoms with Crippen LogP contribution in [0, 0.1) is 5.92 Å². The number of halogens is 1. The molecule has 0 aromatic heterocycles. The Morgan fingerprint density at radius 3 is 2.65 bits per heavy atom. The summed E-state index contributed by atoms with van der Waals surface area (Å²) in [5.74, 6) is 0.378. The Balaban J connectivity index is 1.60. The number of morpholine rings is 1. The summed E-state index contributed by atoms with van der Waals surface area (Å²) in [5, 5.41) is 3.42. The van der Waals surface area contributed by atoms with Gasteiger partial charge in [0.1, 0.15) is 0 Å². The van der Waals surface area contributed by atoms with Gasteiger partial charge in [0, 0.05) is 30.0 Å². The summed E-state index contributed by atoms with van der Waals surface area (Å²) in [6.45, 7) is 3.38. The number of ether oxygens (including phenoxy) is 1. The van der Waals surface area contributed by atoms with Gasteiger partial charge >= 0.3 is 0 Å². The predicted octanol–water partition coefficient (Wildman–Crippen LogP) is 3.35. The van der Waals surface area contributed by atoms with Gasteiger partial charge in [0.25, 0.3) is 0 Å². The lowest BCUT2D eigenvalue weighted by molar-refractivity contribution is -0.144. The molecule has 2 aliphatic heterocycles. The van der Waals surface area contributed by atoms with E-state index in [4.69, 9.17) is 4.74 Å². The van der Waals surface area contributed by atoms with Gasteiger partial charge < -0.3 is 15.0 Å². The number of rotatable bonds is 3. The first-order chi connectivity index (χ1) is 12.8. The van der Waals surface area contributed by atoms with E-state index >= 15 is 0 Å².